The summed E-state index contributed by atoms with van der Waals surface area (Å²) < 4.78 is 1.37. The summed E-state index contributed by atoms with van der Waals surface area (Å²) in [4.78, 5) is 4.20. The van der Waals surface area contributed by atoms with Crippen LogP contribution in [0.3, 0.4) is 0 Å². The molecule has 0 unspecified atom stereocenters. The first-order chi connectivity index (χ1) is 8.88. The standard InChI is InChI=1S/C16H15NS/c1-2-4-12-6-7-14-15(11-18-16(14)9-12)13-5-3-8-17-10-13/h3,5-11H,2,4H2,1H3. The van der Waals surface area contributed by atoms with E-state index in [4.69, 9.17) is 0 Å². The molecule has 0 radical (unpaired) electrons. The molecule has 2 heteroatoms. The first kappa shape index (κ1) is 11.4. The Kier molecular flexibility index (Phi) is 3.11. The minimum Gasteiger partial charge on any atom is -0.264 e. The molecule has 0 spiro atoms. The number of hydrogen-bond donors (Lipinski definition) is 0. The van der Waals surface area contributed by atoms with E-state index in [1.807, 2.05) is 29.8 Å². The number of fused-ring (bicyclic) bond motifs is 1. The average molecular weight is 253 g/mol. The molecule has 3 aromatic rings. The molecule has 0 amide bonds. The van der Waals surface area contributed by atoms with Crippen LogP contribution >= 0.6 is 11.3 Å². The van der Waals surface area contributed by atoms with Gasteiger partial charge in [0.05, 0.1) is 0 Å². The van der Waals surface area contributed by atoms with Crippen LogP contribution in [0.25, 0.3) is 21.2 Å². The van der Waals surface area contributed by atoms with Crippen LogP contribution in [0.4, 0.5) is 0 Å². The predicted molar refractivity (Wildman–Crippen MR) is 79.1 cm³/mol. The number of rotatable bonds is 3. The number of aryl methyl sites for hydroxylation is 1. The average Bonchev–Trinajstić information content (AvgIpc) is 2.83. The third-order valence-electron chi connectivity index (χ3n) is 3.15. The van der Waals surface area contributed by atoms with Gasteiger partial charge in [-0.3, -0.25) is 4.98 Å². The third-order valence-corrected chi connectivity index (χ3v) is 4.10. The summed E-state index contributed by atoms with van der Waals surface area (Å²) in [6.07, 6.45) is 6.11. The van der Waals surface area contributed by atoms with Crippen LogP contribution in [0.2, 0.25) is 0 Å². The van der Waals surface area contributed by atoms with Crippen LogP contribution in [0.5, 0.6) is 0 Å². The van der Waals surface area contributed by atoms with Crippen molar-refractivity contribution in [3.8, 4) is 11.1 Å². The Balaban J connectivity index is 2.10. The van der Waals surface area contributed by atoms with E-state index in [1.54, 1.807) is 0 Å². The summed E-state index contributed by atoms with van der Waals surface area (Å²) in [6.45, 7) is 2.22. The highest BCUT2D eigenvalue weighted by Crippen LogP contribution is 2.34. The van der Waals surface area contributed by atoms with Gasteiger partial charge in [-0.1, -0.05) is 31.5 Å². The largest absolute Gasteiger partial charge is 0.264 e. The fourth-order valence-corrected chi connectivity index (χ4v) is 3.29. The molecule has 3 rings (SSSR count). The van der Waals surface area contributed by atoms with E-state index < -0.39 is 0 Å². The zero-order valence-electron chi connectivity index (χ0n) is 10.4. The first-order valence-corrected chi connectivity index (χ1v) is 7.17. The Morgan fingerprint density at radius 1 is 1.22 bits per heavy atom. The second-order valence-electron chi connectivity index (χ2n) is 4.47. The molecule has 2 aromatic heterocycles. The van der Waals surface area contributed by atoms with Gasteiger partial charge in [-0.25, -0.2) is 0 Å². The molecule has 0 N–H and O–H groups in total. The number of pyridine rings is 1. The monoisotopic (exact) mass is 253 g/mol. The number of nitrogens with zero attached hydrogens (tertiary/aromatic N) is 1. The van der Waals surface area contributed by atoms with Crippen LogP contribution in [-0.4, -0.2) is 4.98 Å². The maximum atomic E-state index is 4.20. The predicted octanol–water partition coefficient (Wildman–Crippen LogP) is 4.92. The van der Waals surface area contributed by atoms with Gasteiger partial charge >= 0.3 is 0 Å². The van der Waals surface area contributed by atoms with Gasteiger partial charge in [0, 0.05) is 33.6 Å². The zero-order chi connectivity index (χ0) is 12.4. The highest BCUT2D eigenvalue weighted by Gasteiger charge is 2.06. The minimum absolute atomic E-state index is 1.16. The number of benzene rings is 1. The van der Waals surface area contributed by atoms with Crippen molar-refractivity contribution in [1.29, 1.82) is 0 Å². The van der Waals surface area contributed by atoms with Gasteiger partial charge in [0.15, 0.2) is 0 Å². The van der Waals surface area contributed by atoms with Crippen molar-refractivity contribution >= 4 is 21.4 Å². The van der Waals surface area contributed by atoms with E-state index in [1.165, 1.54) is 33.2 Å². The lowest BCUT2D eigenvalue weighted by atomic mass is 10.0. The fraction of sp³-hybridized carbons (Fsp3) is 0.188. The van der Waals surface area contributed by atoms with Crippen LogP contribution < -0.4 is 0 Å². The van der Waals surface area contributed by atoms with Crippen LogP contribution in [0.1, 0.15) is 18.9 Å². The normalized spacial score (nSPS) is 10.9. The molecule has 1 aromatic carbocycles. The Morgan fingerprint density at radius 2 is 2.17 bits per heavy atom. The van der Waals surface area contributed by atoms with Gasteiger partial charge < -0.3 is 0 Å². The summed E-state index contributed by atoms with van der Waals surface area (Å²) in [5.74, 6) is 0. The Bertz CT molecular complexity index is 655. The van der Waals surface area contributed by atoms with Crippen molar-refractivity contribution in [2.75, 3.05) is 0 Å². The van der Waals surface area contributed by atoms with E-state index >= 15 is 0 Å². The summed E-state index contributed by atoms with van der Waals surface area (Å²) in [6, 6.07) is 10.9. The topological polar surface area (TPSA) is 12.9 Å². The molecule has 0 aliphatic rings. The minimum atomic E-state index is 1.16. The van der Waals surface area contributed by atoms with Gasteiger partial charge in [0.25, 0.3) is 0 Å². The third kappa shape index (κ3) is 2.04. The highest BCUT2D eigenvalue weighted by atomic mass is 32.1. The van der Waals surface area contributed by atoms with Crippen molar-refractivity contribution in [3.05, 3.63) is 53.7 Å². The van der Waals surface area contributed by atoms with Crippen LogP contribution in [-0.2, 0) is 6.42 Å². The maximum absolute atomic E-state index is 4.20. The smallest absolute Gasteiger partial charge is 0.0351 e. The summed E-state index contributed by atoms with van der Waals surface area (Å²) in [5.41, 5.74) is 3.93. The Labute approximate surface area is 111 Å². The van der Waals surface area contributed by atoms with Crippen molar-refractivity contribution in [3.63, 3.8) is 0 Å². The second kappa shape index (κ2) is 4.91. The molecule has 0 fully saturated rings. The van der Waals surface area contributed by atoms with Gasteiger partial charge in [0.2, 0.25) is 0 Å². The number of hydrogen-bond acceptors (Lipinski definition) is 2. The van der Waals surface area contributed by atoms with Gasteiger partial charge in [-0.15, -0.1) is 11.3 Å². The SMILES string of the molecule is CCCc1ccc2c(-c3cccnc3)csc2c1. The molecule has 0 saturated heterocycles. The number of aromatic nitrogens is 1. The lowest BCUT2D eigenvalue weighted by Crippen LogP contribution is -1.82. The van der Waals surface area contributed by atoms with Gasteiger partial charge in [-0.05, 0) is 29.5 Å². The van der Waals surface area contributed by atoms with Crippen LogP contribution in [0, 0.1) is 0 Å². The lowest BCUT2D eigenvalue weighted by molar-refractivity contribution is 0.924. The molecule has 0 aliphatic carbocycles. The Morgan fingerprint density at radius 3 is 2.94 bits per heavy atom. The quantitative estimate of drug-likeness (QED) is 0.646. The first-order valence-electron chi connectivity index (χ1n) is 6.29. The highest BCUT2D eigenvalue weighted by molar-refractivity contribution is 7.17. The Hall–Kier alpha value is -1.67. The molecular formula is C16H15NS. The van der Waals surface area contributed by atoms with E-state index in [9.17, 15) is 0 Å². The van der Waals surface area contributed by atoms with E-state index in [0.717, 1.165) is 6.42 Å². The van der Waals surface area contributed by atoms with Crippen molar-refractivity contribution in [2.45, 2.75) is 19.8 Å². The molecule has 1 nitrogen and oxygen atoms in total. The molecule has 0 atom stereocenters. The van der Waals surface area contributed by atoms with Crippen LogP contribution in [0.15, 0.2) is 48.1 Å². The van der Waals surface area contributed by atoms with E-state index in [2.05, 4.69) is 41.6 Å². The van der Waals surface area contributed by atoms with Gasteiger partial charge in [0.1, 0.15) is 0 Å². The van der Waals surface area contributed by atoms with E-state index in [-0.39, 0.29) is 0 Å². The zero-order valence-corrected chi connectivity index (χ0v) is 11.2. The second-order valence-corrected chi connectivity index (χ2v) is 5.38. The van der Waals surface area contributed by atoms with Crippen molar-refractivity contribution in [1.82, 2.24) is 4.98 Å². The molecule has 0 aliphatic heterocycles. The van der Waals surface area contributed by atoms with Gasteiger partial charge in [-0.2, -0.15) is 0 Å². The molecular weight excluding hydrogens is 238 g/mol. The summed E-state index contributed by atoms with van der Waals surface area (Å²) in [5, 5.41) is 3.57. The molecule has 0 bridgehead atoms. The fourth-order valence-electron chi connectivity index (χ4n) is 2.26. The molecule has 2 heterocycles. The summed E-state index contributed by atoms with van der Waals surface area (Å²) in [7, 11) is 0. The lowest BCUT2D eigenvalue weighted by Gasteiger charge is -2.01. The van der Waals surface area contributed by atoms with Crippen molar-refractivity contribution in [2.24, 2.45) is 0 Å². The maximum Gasteiger partial charge on any atom is 0.0351 e. The molecule has 18 heavy (non-hydrogen) atoms. The van der Waals surface area contributed by atoms with E-state index in [0.29, 0.717) is 0 Å². The molecule has 90 valence electrons. The molecule has 0 saturated carbocycles. The number of thiophene rings is 1. The summed E-state index contributed by atoms with van der Waals surface area (Å²) >= 11 is 1.82. The van der Waals surface area contributed by atoms with Crippen molar-refractivity contribution < 1.29 is 0 Å².